The molecule has 22 heavy (non-hydrogen) atoms. The third-order valence-corrected chi connectivity index (χ3v) is 3.50. The van der Waals surface area contributed by atoms with Crippen molar-refractivity contribution in [2.24, 2.45) is 0 Å². The summed E-state index contributed by atoms with van der Waals surface area (Å²) in [6, 6.07) is 14.3. The first-order valence-corrected chi connectivity index (χ1v) is 7.28. The summed E-state index contributed by atoms with van der Waals surface area (Å²) in [6.45, 7) is 1.95. The van der Waals surface area contributed by atoms with Crippen LogP contribution in [0.1, 0.15) is 29.3 Å². The number of methoxy groups -OCH3 is 1. The molecule has 0 saturated carbocycles. The van der Waals surface area contributed by atoms with E-state index in [4.69, 9.17) is 4.74 Å². The number of amides is 1. The maximum Gasteiger partial charge on any atom is 0.251 e. The lowest BCUT2D eigenvalue weighted by Gasteiger charge is -2.14. The lowest BCUT2D eigenvalue weighted by atomic mass is 10.1. The van der Waals surface area contributed by atoms with Crippen molar-refractivity contribution >= 4 is 5.91 Å². The largest absolute Gasteiger partial charge is 0.494 e. The zero-order chi connectivity index (χ0) is 15.9. The van der Waals surface area contributed by atoms with Crippen LogP contribution < -0.4 is 10.1 Å². The van der Waals surface area contributed by atoms with Crippen molar-refractivity contribution in [3.8, 4) is 5.75 Å². The van der Waals surface area contributed by atoms with E-state index in [9.17, 15) is 9.18 Å². The van der Waals surface area contributed by atoms with Crippen LogP contribution in [-0.2, 0) is 6.42 Å². The molecule has 2 aromatic rings. The molecule has 1 N–H and O–H groups in total. The lowest BCUT2D eigenvalue weighted by molar-refractivity contribution is 0.0938. The number of ether oxygens (including phenoxy) is 1. The van der Waals surface area contributed by atoms with Crippen molar-refractivity contribution in [2.75, 3.05) is 7.11 Å². The number of nitrogens with one attached hydrogen (secondary N) is 1. The van der Waals surface area contributed by atoms with Gasteiger partial charge in [0, 0.05) is 11.6 Å². The molecule has 0 unspecified atom stereocenters. The Bertz CT molecular complexity index is 628. The van der Waals surface area contributed by atoms with Crippen molar-refractivity contribution in [1.82, 2.24) is 5.32 Å². The normalized spacial score (nSPS) is 11.8. The van der Waals surface area contributed by atoms with Crippen LogP contribution in [0.5, 0.6) is 5.75 Å². The molecule has 2 aromatic carbocycles. The third-order valence-electron chi connectivity index (χ3n) is 3.50. The minimum absolute atomic E-state index is 0.0119. The fraction of sp³-hybridized carbons (Fsp3) is 0.278. The number of aryl methyl sites for hydroxylation is 1. The Labute approximate surface area is 130 Å². The lowest BCUT2D eigenvalue weighted by Crippen LogP contribution is -2.32. The van der Waals surface area contributed by atoms with E-state index in [0.717, 1.165) is 12.8 Å². The topological polar surface area (TPSA) is 38.3 Å². The standard InChI is InChI=1S/C18H20FNO2/c1-13(8-9-14-6-4-3-5-7-14)20-18(21)15-10-11-17(22-2)16(19)12-15/h3-7,10-13H,8-9H2,1-2H3,(H,20,21)/t13-/m1/s1. The van der Waals surface area contributed by atoms with Gasteiger partial charge in [-0.15, -0.1) is 0 Å². The van der Waals surface area contributed by atoms with Crippen LogP contribution in [0.4, 0.5) is 4.39 Å². The molecular formula is C18H20FNO2. The first-order chi connectivity index (χ1) is 10.6. The Morgan fingerprint density at radius 1 is 1.23 bits per heavy atom. The second-order valence-electron chi connectivity index (χ2n) is 5.25. The Hall–Kier alpha value is -2.36. The average molecular weight is 301 g/mol. The van der Waals surface area contributed by atoms with Crippen molar-refractivity contribution in [3.63, 3.8) is 0 Å². The van der Waals surface area contributed by atoms with Crippen molar-refractivity contribution in [1.29, 1.82) is 0 Å². The summed E-state index contributed by atoms with van der Waals surface area (Å²) in [5.74, 6) is -0.678. The van der Waals surface area contributed by atoms with Gasteiger partial charge < -0.3 is 10.1 Å². The molecule has 116 valence electrons. The van der Waals surface area contributed by atoms with Gasteiger partial charge in [-0.1, -0.05) is 30.3 Å². The number of hydrogen-bond acceptors (Lipinski definition) is 2. The molecule has 0 radical (unpaired) electrons. The van der Waals surface area contributed by atoms with Gasteiger partial charge in [-0.05, 0) is 43.5 Å². The van der Waals surface area contributed by atoms with Crippen LogP contribution in [-0.4, -0.2) is 19.1 Å². The van der Waals surface area contributed by atoms with E-state index in [2.05, 4.69) is 17.4 Å². The molecule has 0 bridgehead atoms. The molecular weight excluding hydrogens is 281 g/mol. The van der Waals surface area contributed by atoms with Crippen LogP contribution in [0.15, 0.2) is 48.5 Å². The average Bonchev–Trinajstić information content (AvgIpc) is 2.53. The number of carbonyl (C=O) groups excluding carboxylic acids is 1. The highest BCUT2D eigenvalue weighted by molar-refractivity contribution is 5.94. The number of halogens is 1. The van der Waals surface area contributed by atoms with Gasteiger partial charge in [0.15, 0.2) is 11.6 Å². The predicted molar refractivity (Wildman–Crippen MR) is 84.6 cm³/mol. The quantitative estimate of drug-likeness (QED) is 0.885. The molecule has 0 saturated heterocycles. The van der Waals surface area contributed by atoms with E-state index in [1.165, 1.54) is 24.8 Å². The van der Waals surface area contributed by atoms with Gasteiger partial charge in [0.05, 0.1) is 7.11 Å². The molecule has 4 heteroatoms. The molecule has 1 amide bonds. The van der Waals surface area contributed by atoms with Gasteiger partial charge in [0.1, 0.15) is 0 Å². The number of benzene rings is 2. The molecule has 0 fully saturated rings. The van der Waals surface area contributed by atoms with Gasteiger partial charge >= 0.3 is 0 Å². The van der Waals surface area contributed by atoms with Crippen LogP contribution in [0.25, 0.3) is 0 Å². The fourth-order valence-corrected chi connectivity index (χ4v) is 2.21. The van der Waals surface area contributed by atoms with Crippen LogP contribution in [0.3, 0.4) is 0 Å². The summed E-state index contributed by atoms with van der Waals surface area (Å²) in [5.41, 5.74) is 1.53. The van der Waals surface area contributed by atoms with Gasteiger partial charge in [-0.25, -0.2) is 4.39 Å². The molecule has 0 aliphatic carbocycles. The minimum Gasteiger partial charge on any atom is -0.494 e. The Morgan fingerprint density at radius 2 is 1.95 bits per heavy atom. The second-order valence-corrected chi connectivity index (χ2v) is 5.25. The van der Waals surface area contributed by atoms with Crippen LogP contribution in [0.2, 0.25) is 0 Å². The fourth-order valence-electron chi connectivity index (χ4n) is 2.21. The molecule has 0 aliphatic rings. The summed E-state index contributed by atoms with van der Waals surface area (Å²) in [6.07, 6.45) is 1.72. The Kier molecular flexibility index (Phi) is 5.53. The molecule has 0 aliphatic heterocycles. The summed E-state index contributed by atoms with van der Waals surface area (Å²) in [4.78, 5) is 12.1. The SMILES string of the molecule is COc1ccc(C(=O)N[C@H](C)CCc2ccccc2)cc1F. The first-order valence-electron chi connectivity index (χ1n) is 7.28. The molecule has 0 heterocycles. The van der Waals surface area contributed by atoms with Gasteiger partial charge in [-0.3, -0.25) is 4.79 Å². The van der Waals surface area contributed by atoms with E-state index < -0.39 is 5.82 Å². The summed E-state index contributed by atoms with van der Waals surface area (Å²) in [7, 11) is 1.39. The smallest absolute Gasteiger partial charge is 0.251 e. The van der Waals surface area contributed by atoms with Gasteiger partial charge in [-0.2, -0.15) is 0 Å². The molecule has 0 aromatic heterocycles. The van der Waals surface area contributed by atoms with Crippen molar-refractivity contribution in [2.45, 2.75) is 25.8 Å². The van der Waals surface area contributed by atoms with E-state index in [0.29, 0.717) is 5.56 Å². The number of rotatable bonds is 6. The predicted octanol–water partition coefficient (Wildman–Crippen LogP) is 3.59. The first kappa shape index (κ1) is 16.0. The van der Waals surface area contributed by atoms with E-state index in [-0.39, 0.29) is 17.7 Å². The monoisotopic (exact) mass is 301 g/mol. The van der Waals surface area contributed by atoms with Gasteiger partial charge in [0.2, 0.25) is 0 Å². The highest BCUT2D eigenvalue weighted by Gasteiger charge is 2.12. The highest BCUT2D eigenvalue weighted by Crippen LogP contribution is 2.17. The maximum absolute atomic E-state index is 13.6. The van der Waals surface area contributed by atoms with Crippen LogP contribution >= 0.6 is 0 Å². The van der Waals surface area contributed by atoms with Gasteiger partial charge in [0.25, 0.3) is 5.91 Å². The second kappa shape index (κ2) is 7.59. The van der Waals surface area contributed by atoms with E-state index in [1.54, 1.807) is 6.07 Å². The molecule has 3 nitrogen and oxygen atoms in total. The zero-order valence-electron chi connectivity index (χ0n) is 12.8. The summed E-state index contributed by atoms with van der Waals surface area (Å²) < 4.78 is 18.5. The Morgan fingerprint density at radius 3 is 2.59 bits per heavy atom. The third kappa shape index (κ3) is 4.32. The molecule has 0 spiro atoms. The zero-order valence-corrected chi connectivity index (χ0v) is 12.8. The molecule has 2 rings (SSSR count). The van der Waals surface area contributed by atoms with E-state index in [1.807, 2.05) is 25.1 Å². The van der Waals surface area contributed by atoms with Crippen LogP contribution in [0, 0.1) is 5.82 Å². The number of carbonyl (C=O) groups is 1. The summed E-state index contributed by atoms with van der Waals surface area (Å²) >= 11 is 0. The van der Waals surface area contributed by atoms with Crippen molar-refractivity contribution in [3.05, 3.63) is 65.5 Å². The summed E-state index contributed by atoms with van der Waals surface area (Å²) in [5, 5.41) is 2.88. The number of hydrogen-bond donors (Lipinski definition) is 1. The Balaban J connectivity index is 1.89. The minimum atomic E-state index is -0.535. The molecule has 1 atom stereocenters. The van der Waals surface area contributed by atoms with Crippen molar-refractivity contribution < 1.29 is 13.9 Å². The maximum atomic E-state index is 13.6. The van der Waals surface area contributed by atoms with E-state index >= 15 is 0 Å². The highest BCUT2D eigenvalue weighted by atomic mass is 19.1.